The zero-order chi connectivity index (χ0) is 13.2. The molecule has 0 saturated heterocycles. The van der Waals surface area contributed by atoms with Crippen molar-refractivity contribution in [3.8, 4) is 11.5 Å². The number of benzene rings is 1. The smallest absolute Gasteiger partial charge is 0.290 e. The number of carboxylic acid groups (broad SMARTS) is 1. The quantitative estimate of drug-likeness (QED) is 0.598. The van der Waals surface area contributed by atoms with E-state index in [4.69, 9.17) is 19.4 Å². The molecule has 1 aromatic rings. The second-order valence-electron chi connectivity index (χ2n) is 3.47. The molecule has 0 spiro atoms. The number of ether oxygens (including phenoxy) is 2. The summed E-state index contributed by atoms with van der Waals surface area (Å²) in [5.74, 6) is 1.63. The van der Waals surface area contributed by atoms with Crippen LogP contribution in [0.25, 0.3) is 0 Å². The summed E-state index contributed by atoms with van der Waals surface area (Å²) in [5.41, 5.74) is 1.20. The van der Waals surface area contributed by atoms with E-state index in [-0.39, 0.29) is 6.47 Å². The molecule has 0 aromatic heterocycles. The van der Waals surface area contributed by atoms with Crippen LogP contribution in [0, 0.1) is 0 Å². The molecule has 0 fully saturated rings. The lowest BCUT2D eigenvalue weighted by Gasteiger charge is -2.02. The number of aryl methyl sites for hydroxylation is 1. The van der Waals surface area contributed by atoms with Crippen molar-refractivity contribution in [2.75, 3.05) is 13.3 Å². The lowest BCUT2D eigenvalue weighted by molar-refractivity contribution is -0.122. The summed E-state index contributed by atoms with van der Waals surface area (Å²) in [7, 11) is 0. The largest absolute Gasteiger partial charge is 0.483 e. The van der Waals surface area contributed by atoms with Crippen LogP contribution in [0.15, 0.2) is 18.2 Å². The van der Waals surface area contributed by atoms with Crippen molar-refractivity contribution in [1.82, 2.24) is 5.32 Å². The predicted molar refractivity (Wildman–Crippen MR) is 63.6 cm³/mol. The first kappa shape index (κ1) is 13.8. The summed E-state index contributed by atoms with van der Waals surface area (Å²) in [5, 5.41) is 9.52. The van der Waals surface area contributed by atoms with Gasteiger partial charge in [0.15, 0.2) is 11.5 Å². The van der Waals surface area contributed by atoms with Crippen LogP contribution in [0.5, 0.6) is 11.5 Å². The highest BCUT2D eigenvalue weighted by atomic mass is 16.7. The molecule has 6 nitrogen and oxygen atoms in total. The van der Waals surface area contributed by atoms with Crippen LogP contribution in [0.2, 0.25) is 0 Å². The Kier molecular flexibility index (Phi) is 6.10. The van der Waals surface area contributed by atoms with Gasteiger partial charge in [0.25, 0.3) is 6.47 Å². The Morgan fingerprint density at radius 2 is 2.00 bits per heavy atom. The molecular formula is C12H15NO5. The fourth-order valence-corrected chi connectivity index (χ4v) is 1.55. The molecule has 18 heavy (non-hydrogen) atoms. The Morgan fingerprint density at radius 1 is 1.28 bits per heavy atom. The van der Waals surface area contributed by atoms with E-state index in [1.165, 1.54) is 5.56 Å². The SMILES string of the molecule is O=CNCCCc1ccc2c(c1)OCO2.O=CO. The molecule has 2 N–H and O–H groups in total. The predicted octanol–water partition coefficient (Wildman–Crippen LogP) is 0.795. The summed E-state index contributed by atoms with van der Waals surface area (Å²) in [6.45, 7) is 0.767. The highest BCUT2D eigenvalue weighted by Gasteiger charge is 2.12. The first-order chi connectivity index (χ1) is 8.81. The number of carbonyl (C=O) groups is 2. The van der Waals surface area contributed by atoms with Crippen molar-refractivity contribution < 1.29 is 24.2 Å². The molecule has 0 aliphatic carbocycles. The zero-order valence-electron chi connectivity index (χ0n) is 9.80. The van der Waals surface area contributed by atoms with Gasteiger partial charge in [-0.15, -0.1) is 0 Å². The van der Waals surface area contributed by atoms with E-state index in [0.717, 1.165) is 30.8 Å². The maximum atomic E-state index is 10.0. The Balaban J connectivity index is 0.000000492. The van der Waals surface area contributed by atoms with Crippen molar-refractivity contribution >= 4 is 12.9 Å². The second-order valence-corrected chi connectivity index (χ2v) is 3.47. The molecule has 1 amide bonds. The zero-order valence-corrected chi connectivity index (χ0v) is 9.80. The average Bonchev–Trinajstić information content (AvgIpc) is 2.83. The molecule has 1 aliphatic rings. The maximum Gasteiger partial charge on any atom is 0.290 e. The molecule has 1 heterocycles. The van der Waals surface area contributed by atoms with Gasteiger partial charge in [-0.05, 0) is 30.5 Å². The Bertz CT molecular complexity index is 394. The Labute approximate surface area is 105 Å². The fourth-order valence-electron chi connectivity index (χ4n) is 1.55. The van der Waals surface area contributed by atoms with Crippen molar-refractivity contribution in [1.29, 1.82) is 0 Å². The Hall–Kier alpha value is -2.24. The third-order valence-electron chi connectivity index (χ3n) is 2.31. The van der Waals surface area contributed by atoms with Gasteiger partial charge in [0.2, 0.25) is 13.2 Å². The molecule has 0 bridgehead atoms. The topological polar surface area (TPSA) is 84.9 Å². The van der Waals surface area contributed by atoms with Gasteiger partial charge in [0.1, 0.15) is 0 Å². The molecule has 1 aliphatic heterocycles. The van der Waals surface area contributed by atoms with Gasteiger partial charge in [0, 0.05) is 6.54 Å². The van der Waals surface area contributed by atoms with Crippen molar-refractivity contribution in [3.63, 3.8) is 0 Å². The summed E-state index contributed by atoms with van der Waals surface area (Å²) in [4.78, 5) is 18.4. The van der Waals surface area contributed by atoms with Crippen molar-refractivity contribution in [2.24, 2.45) is 0 Å². The number of rotatable bonds is 5. The lowest BCUT2D eigenvalue weighted by atomic mass is 10.1. The van der Waals surface area contributed by atoms with Gasteiger partial charge in [-0.3, -0.25) is 9.59 Å². The number of fused-ring (bicyclic) bond motifs is 1. The molecule has 0 unspecified atom stereocenters. The van der Waals surface area contributed by atoms with Crippen LogP contribution < -0.4 is 14.8 Å². The number of hydrogen-bond acceptors (Lipinski definition) is 4. The van der Waals surface area contributed by atoms with E-state index < -0.39 is 0 Å². The summed E-state index contributed by atoms with van der Waals surface area (Å²) >= 11 is 0. The number of carbonyl (C=O) groups excluding carboxylic acids is 1. The highest BCUT2D eigenvalue weighted by Crippen LogP contribution is 2.32. The maximum absolute atomic E-state index is 10.0. The number of nitrogens with one attached hydrogen (secondary N) is 1. The molecule has 6 heteroatoms. The van der Waals surface area contributed by atoms with Crippen LogP contribution >= 0.6 is 0 Å². The van der Waals surface area contributed by atoms with Crippen LogP contribution in [-0.4, -0.2) is 31.3 Å². The number of amides is 1. The molecule has 98 valence electrons. The van der Waals surface area contributed by atoms with Gasteiger partial charge in [-0.2, -0.15) is 0 Å². The number of hydrogen-bond donors (Lipinski definition) is 2. The van der Waals surface area contributed by atoms with Gasteiger partial charge in [0.05, 0.1) is 0 Å². The second kappa shape index (κ2) is 7.94. The van der Waals surface area contributed by atoms with E-state index in [2.05, 4.69) is 5.32 Å². The molecule has 2 rings (SSSR count). The molecule has 0 saturated carbocycles. The average molecular weight is 253 g/mol. The summed E-state index contributed by atoms with van der Waals surface area (Å²) < 4.78 is 10.5. The fraction of sp³-hybridized carbons (Fsp3) is 0.333. The minimum atomic E-state index is -0.250. The van der Waals surface area contributed by atoms with Crippen LogP contribution in [0.3, 0.4) is 0 Å². The normalized spacial score (nSPS) is 11.1. The van der Waals surface area contributed by atoms with Crippen LogP contribution in [0.1, 0.15) is 12.0 Å². The molecule has 1 aromatic carbocycles. The van der Waals surface area contributed by atoms with E-state index in [0.29, 0.717) is 13.3 Å². The third-order valence-corrected chi connectivity index (χ3v) is 2.31. The van der Waals surface area contributed by atoms with Crippen molar-refractivity contribution in [3.05, 3.63) is 23.8 Å². The molecular weight excluding hydrogens is 238 g/mol. The standard InChI is InChI=1S/C11H13NO3.CH2O2/c13-7-12-5-1-2-9-3-4-10-11(6-9)15-8-14-10;2-1-3/h3-4,6-7H,1-2,5,8H2,(H,12,13);1H,(H,2,3). The van der Waals surface area contributed by atoms with E-state index in [1.807, 2.05) is 18.2 Å². The molecule has 0 atom stereocenters. The van der Waals surface area contributed by atoms with E-state index in [1.54, 1.807) is 0 Å². The highest BCUT2D eigenvalue weighted by molar-refractivity contribution is 5.46. The van der Waals surface area contributed by atoms with Gasteiger partial charge >= 0.3 is 0 Å². The van der Waals surface area contributed by atoms with Gasteiger partial charge < -0.3 is 19.9 Å². The summed E-state index contributed by atoms with van der Waals surface area (Å²) in [6.07, 6.45) is 2.58. The first-order valence-corrected chi connectivity index (χ1v) is 5.45. The monoisotopic (exact) mass is 253 g/mol. The third kappa shape index (κ3) is 4.32. The minimum absolute atomic E-state index is 0.250. The molecule has 0 radical (unpaired) electrons. The van der Waals surface area contributed by atoms with E-state index in [9.17, 15) is 4.79 Å². The first-order valence-electron chi connectivity index (χ1n) is 5.45. The van der Waals surface area contributed by atoms with Gasteiger partial charge in [-0.25, -0.2) is 0 Å². The van der Waals surface area contributed by atoms with Crippen LogP contribution in [-0.2, 0) is 16.0 Å². The Morgan fingerprint density at radius 3 is 2.72 bits per heavy atom. The van der Waals surface area contributed by atoms with Crippen LogP contribution in [0.4, 0.5) is 0 Å². The van der Waals surface area contributed by atoms with Gasteiger partial charge in [-0.1, -0.05) is 6.07 Å². The summed E-state index contributed by atoms with van der Waals surface area (Å²) in [6, 6.07) is 5.93. The minimum Gasteiger partial charge on any atom is -0.483 e. The van der Waals surface area contributed by atoms with E-state index >= 15 is 0 Å². The van der Waals surface area contributed by atoms with Crippen molar-refractivity contribution in [2.45, 2.75) is 12.8 Å². The lowest BCUT2D eigenvalue weighted by Crippen LogP contribution is -2.12.